The van der Waals surface area contributed by atoms with Crippen LogP contribution in [-0.4, -0.2) is 83.5 Å². The molecule has 1 atom stereocenters. The molecule has 2 heterocycles. The van der Waals surface area contributed by atoms with Crippen molar-refractivity contribution < 1.29 is 14.7 Å². The summed E-state index contributed by atoms with van der Waals surface area (Å²) >= 11 is 11.9. The number of hydrogen-bond acceptors (Lipinski definition) is 4. The van der Waals surface area contributed by atoms with Gasteiger partial charge in [-0.25, -0.2) is 0 Å². The van der Waals surface area contributed by atoms with Crippen molar-refractivity contribution in [3.8, 4) is 0 Å². The number of amides is 2. The molecule has 3 fully saturated rings. The number of likely N-dealkylation sites (tertiary alicyclic amines) is 1. The van der Waals surface area contributed by atoms with Crippen molar-refractivity contribution in [1.29, 1.82) is 0 Å². The van der Waals surface area contributed by atoms with E-state index in [9.17, 15) is 14.7 Å². The fourth-order valence-electron chi connectivity index (χ4n) is 4.53. The fourth-order valence-corrected chi connectivity index (χ4v) is 4.84. The third kappa shape index (κ3) is 5.43. The highest BCUT2D eigenvalue weighted by Gasteiger charge is 2.51. The Morgan fingerprint density at radius 3 is 2.61 bits per heavy atom. The number of piperazine rings is 1. The number of benzene rings is 1. The van der Waals surface area contributed by atoms with Crippen LogP contribution >= 0.6 is 23.2 Å². The number of nitrogens with zero attached hydrogens (tertiary/aromatic N) is 3. The van der Waals surface area contributed by atoms with E-state index in [4.69, 9.17) is 23.2 Å². The standard InChI is InChI=1S/C23H29Cl2N3O3/c24-18-4-2-17(14-19(18)25)3-5-21(30)28-13-12-27(22(31)16-28)10-1-9-26-11-8-23(6-7-23)20(29)15-26/h2-5,14,20,29H,1,6-13,15-16H2. The minimum Gasteiger partial charge on any atom is -0.391 e. The van der Waals surface area contributed by atoms with Crippen molar-refractivity contribution in [3.63, 3.8) is 0 Å². The van der Waals surface area contributed by atoms with Crippen LogP contribution in [0.15, 0.2) is 24.3 Å². The van der Waals surface area contributed by atoms with Gasteiger partial charge >= 0.3 is 0 Å². The zero-order valence-corrected chi connectivity index (χ0v) is 19.1. The predicted octanol–water partition coefficient (Wildman–Crippen LogP) is 2.91. The van der Waals surface area contributed by atoms with E-state index in [2.05, 4.69) is 4.90 Å². The molecule has 0 radical (unpaired) electrons. The largest absolute Gasteiger partial charge is 0.391 e. The smallest absolute Gasteiger partial charge is 0.247 e. The minimum absolute atomic E-state index is 0.0156. The van der Waals surface area contributed by atoms with E-state index in [1.807, 2.05) is 4.90 Å². The first-order valence-corrected chi connectivity index (χ1v) is 11.7. The number of rotatable bonds is 6. The molecule has 8 heteroatoms. The molecule has 1 unspecified atom stereocenters. The Morgan fingerprint density at radius 1 is 1.13 bits per heavy atom. The molecule has 168 valence electrons. The van der Waals surface area contributed by atoms with Crippen molar-refractivity contribution in [2.45, 2.75) is 31.8 Å². The molecule has 3 aliphatic rings. The summed E-state index contributed by atoms with van der Waals surface area (Å²) in [6, 6.07) is 5.17. The highest BCUT2D eigenvalue weighted by Crippen LogP contribution is 2.53. The molecule has 2 amide bonds. The first kappa shape index (κ1) is 22.6. The Hall–Kier alpha value is -1.60. The third-order valence-electron chi connectivity index (χ3n) is 6.85. The molecular formula is C23H29Cl2N3O3. The van der Waals surface area contributed by atoms with Crippen LogP contribution in [-0.2, 0) is 9.59 Å². The van der Waals surface area contributed by atoms with Gasteiger partial charge in [0.25, 0.3) is 0 Å². The SMILES string of the molecule is O=C(C=Cc1ccc(Cl)c(Cl)c1)N1CCN(CCCN2CCC3(CC3)C(O)C2)C(=O)C1. The maximum Gasteiger partial charge on any atom is 0.247 e. The van der Waals surface area contributed by atoms with E-state index in [-0.39, 0.29) is 29.9 Å². The Balaban J connectivity index is 1.19. The number of hydrogen-bond donors (Lipinski definition) is 1. The number of halogens is 2. The summed E-state index contributed by atoms with van der Waals surface area (Å²) in [5, 5.41) is 11.2. The second-order valence-corrected chi connectivity index (χ2v) is 9.74. The quantitative estimate of drug-likeness (QED) is 0.655. The number of piperidine rings is 1. The highest BCUT2D eigenvalue weighted by atomic mass is 35.5. The molecular weight excluding hydrogens is 437 g/mol. The van der Waals surface area contributed by atoms with Gasteiger partial charge in [0.1, 0.15) is 6.54 Å². The lowest BCUT2D eigenvalue weighted by Gasteiger charge is -2.37. The molecule has 0 bridgehead atoms. The Morgan fingerprint density at radius 2 is 1.94 bits per heavy atom. The first-order valence-electron chi connectivity index (χ1n) is 11.0. The molecule has 1 aliphatic carbocycles. The average Bonchev–Trinajstić information content (AvgIpc) is 3.53. The third-order valence-corrected chi connectivity index (χ3v) is 7.59. The fraction of sp³-hybridized carbons (Fsp3) is 0.565. The lowest BCUT2D eigenvalue weighted by molar-refractivity contribution is -0.143. The zero-order valence-electron chi connectivity index (χ0n) is 17.6. The monoisotopic (exact) mass is 465 g/mol. The van der Waals surface area contributed by atoms with Gasteiger partial charge in [0.05, 0.1) is 16.1 Å². The summed E-state index contributed by atoms with van der Waals surface area (Å²) in [6.07, 6.45) is 7.26. The molecule has 1 saturated carbocycles. The molecule has 1 aromatic carbocycles. The van der Waals surface area contributed by atoms with Crippen molar-refractivity contribution in [3.05, 3.63) is 39.9 Å². The highest BCUT2D eigenvalue weighted by molar-refractivity contribution is 6.42. The Labute approximate surface area is 193 Å². The van der Waals surface area contributed by atoms with E-state index in [1.54, 1.807) is 29.2 Å². The van der Waals surface area contributed by atoms with Crippen LogP contribution in [0.1, 0.15) is 31.2 Å². The Bertz CT molecular complexity index is 872. The van der Waals surface area contributed by atoms with Crippen LogP contribution in [0.3, 0.4) is 0 Å². The van der Waals surface area contributed by atoms with Gasteiger partial charge in [0.15, 0.2) is 0 Å². The summed E-state index contributed by atoms with van der Waals surface area (Å²) in [5.41, 5.74) is 1.01. The van der Waals surface area contributed by atoms with Crippen molar-refractivity contribution >= 4 is 41.1 Å². The maximum atomic E-state index is 12.5. The van der Waals surface area contributed by atoms with E-state index >= 15 is 0 Å². The molecule has 1 spiro atoms. The number of carbonyl (C=O) groups excluding carboxylic acids is 2. The van der Waals surface area contributed by atoms with E-state index in [1.165, 1.54) is 18.9 Å². The normalized spacial score (nSPS) is 23.7. The van der Waals surface area contributed by atoms with Crippen LogP contribution in [0.4, 0.5) is 0 Å². The number of β-amino-alcohol motifs (C(OH)–C–C–N with tert-alkyl or cyclic N) is 1. The summed E-state index contributed by atoms with van der Waals surface area (Å²) in [6.45, 7) is 4.57. The van der Waals surface area contributed by atoms with E-state index < -0.39 is 0 Å². The maximum absolute atomic E-state index is 12.5. The molecule has 2 aliphatic heterocycles. The summed E-state index contributed by atoms with van der Waals surface area (Å²) in [4.78, 5) is 30.7. The van der Waals surface area contributed by atoms with E-state index in [0.717, 1.165) is 38.0 Å². The van der Waals surface area contributed by atoms with Crippen LogP contribution < -0.4 is 0 Å². The molecule has 2 saturated heterocycles. The van der Waals surface area contributed by atoms with Gasteiger partial charge < -0.3 is 19.8 Å². The van der Waals surface area contributed by atoms with Gasteiger partial charge in [0, 0.05) is 32.3 Å². The Kier molecular flexibility index (Phi) is 6.92. The molecule has 31 heavy (non-hydrogen) atoms. The number of carbonyl (C=O) groups is 2. The lowest BCUT2D eigenvalue weighted by atomic mass is 9.90. The van der Waals surface area contributed by atoms with Gasteiger partial charge in [-0.05, 0) is 68.0 Å². The molecule has 1 N–H and O–H groups in total. The molecule has 4 rings (SSSR count). The van der Waals surface area contributed by atoms with E-state index in [0.29, 0.717) is 29.7 Å². The van der Waals surface area contributed by atoms with Gasteiger partial charge in [0.2, 0.25) is 11.8 Å². The number of aliphatic hydroxyl groups is 1. The van der Waals surface area contributed by atoms with Crippen LogP contribution in [0, 0.1) is 5.41 Å². The van der Waals surface area contributed by atoms with Crippen molar-refractivity contribution in [2.24, 2.45) is 5.41 Å². The number of aliphatic hydroxyl groups excluding tert-OH is 1. The second-order valence-electron chi connectivity index (χ2n) is 8.93. The second kappa shape index (κ2) is 9.49. The topological polar surface area (TPSA) is 64.1 Å². The van der Waals surface area contributed by atoms with Gasteiger partial charge in [-0.15, -0.1) is 0 Å². The first-order chi connectivity index (χ1) is 14.9. The van der Waals surface area contributed by atoms with Crippen LogP contribution in [0.2, 0.25) is 10.0 Å². The van der Waals surface area contributed by atoms with Crippen molar-refractivity contribution in [2.75, 3.05) is 45.8 Å². The van der Waals surface area contributed by atoms with Crippen LogP contribution in [0.25, 0.3) is 6.08 Å². The van der Waals surface area contributed by atoms with Crippen molar-refractivity contribution in [1.82, 2.24) is 14.7 Å². The zero-order chi connectivity index (χ0) is 22.0. The molecule has 0 aromatic heterocycles. The average molecular weight is 466 g/mol. The van der Waals surface area contributed by atoms with Gasteiger partial charge in [-0.3, -0.25) is 9.59 Å². The van der Waals surface area contributed by atoms with Crippen LogP contribution in [0.5, 0.6) is 0 Å². The predicted molar refractivity (Wildman–Crippen MR) is 122 cm³/mol. The molecule has 1 aromatic rings. The lowest BCUT2D eigenvalue weighted by Crippen LogP contribution is -2.52. The molecule has 6 nitrogen and oxygen atoms in total. The summed E-state index contributed by atoms with van der Waals surface area (Å²) in [5.74, 6) is -0.200. The van der Waals surface area contributed by atoms with Gasteiger partial charge in [-0.2, -0.15) is 0 Å². The van der Waals surface area contributed by atoms with Gasteiger partial charge in [-0.1, -0.05) is 29.3 Å². The minimum atomic E-state index is -0.200. The summed E-state index contributed by atoms with van der Waals surface area (Å²) in [7, 11) is 0. The summed E-state index contributed by atoms with van der Waals surface area (Å²) < 4.78 is 0.